The van der Waals surface area contributed by atoms with Gasteiger partial charge in [-0.3, -0.25) is 4.79 Å². The molecule has 136 valence electrons. The van der Waals surface area contributed by atoms with Crippen molar-refractivity contribution >= 4 is 17.3 Å². The van der Waals surface area contributed by atoms with Crippen molar-refractivity contribution in [2.75, 3.05) is 43.7 Å². The molecule has 0 saturated carbocycles. The fraction of sp³-hybridized carbons (Fsp3) is 0.381. The third kappa shape index (κ3) is 2.87. The van der Waals surface area contributed by atoms with Gasteiger partial charge in [-0.1, -0.05) is 18.2 Å². The molecule has 0 aromatic heterocycles. The molecule has 0 saturated heterocycles. The number of anilines is 2. The van der Waals surface area contributed by atoms with Gasteiger partial charge < -0.3 is 19.3 Å². The summed E-state index contributed by atoms with van der Waals surface area (Å²) >= 11 is 0. The average molecular weight is 352 g/mol. The first-order chi connectivity index (χ1) is 12.7. The van der Waals surface area contributed by atoms with Crippen LogP contribution < -0.4 is 19.3 Å². The van der Waals surface area contributed by atoms with Gasteiger partial charge in [0.05, 0.1) is 32.0 Å². The molecule has 2 aliphatic rings. The zero-order valence-electron chi connectivity index (χ0n) is 15.3. The lowest BCUT2D eigenvalue weighted by Crippen LogP contribution is -2.46. The molecule has 0 N–H and O–H groups in total. The Bertz CT molecular complexity index is 834. The first-order valence-electron chi connectivity index (χ1n) is 9.09. The van der Waals surface area contributed by atoms with Crippen molar-refractivity contribution in [2.45, 2.75) is 19.3 Å². The van der Waals surface area contributed by atoms with Gasteiger partial charge in [-0.2, -0.15) is 0 Å². The molecule has 0 aliphatic carbocycles. The Labute approximate surface area is 154 Å². The van der Waals surface area contributed by atoms with Gasteiger partial charge in [0.15, 0.2) is 11.5 Å². The number of carbonyl (C=O) groups excluding carboxylic acids is 1. The van der Waals surface area contributed by atoms with Crippen molar-refractivity contribution < 1.29 is 14.3 Å². The van der Waals surface area contributed by atoms with Crippen LogP contribution in [0.4, 0.5) is 11.4 Å². The smallest absolute Gasteiger partial charge is 0.231 e. The Balaban J connectivity index is 1.60. The minimum absolute atomic E-state index is 0.121. The van der Waals surface area contributed by atoms with E-state index >= 15 is 0 Å². The van der Waals surface area contributed by atoms with Crippen LogP contribution in [0.5, 0.6) is 11.5 Å². The molecule has 0 radical (unpaired) electrons. The normalized spacial score (nSPS) is 15.5. The van der Waals surface area contributed by atoms with Crippen molar-refractivity contribution in [2.24, 2.45) is 0 Å². The largest absolute Gasteiger partial charge is 0.493 e. The summed E-state index contributed by atoms with van der Waals surface area (Å²) in [7, 11) is 3.22. The highest BCUT2D eigenvalue weighted by molar-refractivity contribution is 5.99. The number of para-hydroxylation sites is 1. The number of rotatable bonds is 4. The third-order valence-electron chi connectivity index (χ3n) is 5.28. The summed E-state index contributed by atoms with van der Waals surface area (Å²) in [6, 6.07) is 12.0. The molecular formula is C21H24N2O3. The van der Waals surface area contributed by atoms with E-state index in [9.17, 15) is 4.79 Å². The second-order valence-corrected chi connectivity index (χ2v) is 6.79. The molecule has 5 nitrogen and oxygen atoms in total. The van der Waals surface area contributed by atoms with Crippen LogP contribution in [-0.4, -0.2) is 39.8 Å². The van der Waals surface area contributed by atoms with E-state index in [-0.39, 0.29) is 5.91 Å². The van der Waals surface area contributed by atoms with Gasteiger partial charge in [-0.15, -0.1) is 0 Å². The van der Waals surface area contributed by atoms with E-state index in [0.29, 0.717) is 17.9 Å². The van der Waals surface area contributed by atoms with E-state index in [4.69, 9.17) is 9.47 Å². The zero-order valence-corrected chi connectivity index (χ0v) is 15.3. The van der Waals surface area contributed by atoms with E-state index in [1.54, 1.807) is 14.2 Å². The van der Waals surface area contributed by atoms with Crippen LogP contribution in [0.25, 0.3) is 0 Å². The molecule has 0 fully saturated rings. The molecule has 2 aliphatic heterocycles. The second-order valence-electron chi connectivity index (χ2n) is 6.79. The lowest BCUT2D eigenvalue weighted by molar-refractivity contribution is -0.118. The molecule has 1 amide bonds. The second kappa shape index (κ2) is 6.90. The number of aryl methyl sites for hydroxylation is 1. The van der Waals surface area contributed by atoms with Gasteiger partial charge in [0.1, 0.15) is 0 Å². The van der Waals surface area contributed by atoms with Gasteiger partial charge in [0, 0.05) is 19.6 Å². The highest BCUT2D eigenvalue weighted by atomic mass is 16.5. The third-order valence-corrected chi connectivity index (χ3v) is 5.28. The first-order valence-corrected chi connectivity index (χ1v) is 9.09. The maximum absolute atomic E-state index is 13.0. The fourth-order valence-corrected chi connectivity index (χ4v) is 4.02. The van der Waals surface area contributed by atoms with Crippen molar-refractivity contribution in [3.05, 3.63) is 47.5 Å². The molecule has 0 bridgehead atoms. The molecular weight excluding hydrogens is 328 g/mol. The quantitative estimate of drug-likeness (QED) is 0.848. The molecule has 2 aromatic rings. The molecule has 2 heterocycles. The van der Waals surface area contributed by atoms with Crippen LogP contribution in [0.3, 0.4) is 0 Å². The average Bonchev–Trinajstić information content (AvgIpc) is 2.68. The maximum Gasteiger partial charge on any atom is 0.231 e. The number of carbonyl (C=O) groups is 1. The lowest BCUT2D eigenvalue weighted by atomic mass is 9.97. The number of benzene rings is 2. The van der Waals surface area contributed by atoms with Gasteiger partial charge in [0.2, 0.25) is 5.91 Å². The molecule has 0 atom stereocenters. The molecule has 0 unspecified atom stereocenters. The van der Waals surface area contributed by atoms with Crippen LogP contribution in [-0.2, 0) is 17.6 Å². The Kier molecular flexibility index (Phi) is 4.45. The molecule has 4 rings (SSSR count). The van der Waals surface area contributed by atoms with Gasteiger partial charge in [0.25, 0.3) is 0 Å². The summed E-state index contributed by atoms with van der Waals surface area (Å²) in [6.45, 7) is 2.73. The van der Waals surface area contributed by atoms with Gasteiger partial charge >= 0.3 is 0 Å². The number of amides is 1. The van der Waals surface area contributed by atoms with Crippen molar-refractivity contribution in [1.82, 2.24) is 0 Å². The fourth-order valence-electron chi connectivity index (χ4n) is 4.02. The number of ether oxygens (including phenoxy) is 2. The summed E-state index contributed by atoms with van der Waals surface area (Å²) in [5.74, 6) is 1.45. The van der Waals surface area contributed by atoms with Crippen molar-refractivity contribution in [3.63, 3.8) is 0 Å². The Morgan fingerprint density at radius 3 is 2.69 bits per heavy atom. The van der Waals surface area contributed by atoms with Crippen molar-refractivity contribution in [1.29, 1.82) is 0 Å². The summed E-state index contributed by atoms with van der Waals surface area (Å²) in [4.78, 5) is 17.4. The van der Waals surface area contributed by atoms with Gasteiger partial charge in [-0.25, -0.2) is 0 Å². The van der Waals surface area contributed by atoms with Crippen LogP contribution in [0, 0.1) is 0 Å². The number of nitrogens with zero attached hydrogens (tertiary/aromatic N) is 2. The topological polar surface area (TPSA) is 42.0 Å². The molecule has 26 heavy (non-hydrogen) atoms. The number of methoxy groups -OCH3 is 2. The SMILES string of the molecule is COc1ccc(CC(=O)N2CCN3CCCc4cccc2c43)cc1OC. The number of hydrogen-bond acceptors (Lipinski definition) is 4. The minimum Gasteiger partial charge on any atom is -0.493 e. The van der Waals surface area contributed by atoms with Crippen molar-refractivity contribution in [3.8, 4) is 11.5 Å². The lowest BCUT2D eigenvalue weighted by Gasteiger charge is -2.41. The molecule has 0 spiro atoms. The van der Waals surface area contributed by atoms with Gasteiger partial charge in [-0.05, 0) is 42.2 Å². The highest BCUT2D eigenvalue weighted by Crippen LogP contribution is 2.39. The van der Waals surface area contributed by atoms with Crippen LogP contribution in [0.15, 0.2) is 36.4 Å². The van der Waals surface area contributed by atoms with Crippen LogP contribution in [0.1, 0.15) is 17.5 Å². The summed E-state index contributed by atoms with van der Waals surface area (Å²) in [6.07, 6.45) is 2.64. The Morgan fingerprint density at radius 2 is 1.88 bits per heavy atom. The number of hydrogen-bond donors (Lipinski definition) is 0. The maximum atomic E-state index is 13.0. The summed E-state index contributed by atoms with van der Waals surface area (Å²) in [5, 5.41) is 0. The predicted octanol–water partition coefficient (Wildman–Crippen LogP) is 3.05. The van der Waals surface area contributed by atoms with E-state index in [2.05, 4.69) is 23.1 Å². The van der Waals surface area contributed by atoms with E-state index in [1.165, 1.54) is 17.7 Å². The highest BCUT2D eigenvalue weighted by Gasteiger charge is 2.30. The van der Waals surface area contributed by atoms with E-state index < -0.39 is 0 Å². The zero-order chi connectivity index (χ0) is 18.1. The molecule has 2 aromatic carbocycles. The van der Waals surface area contributed by atoms with Crippen LogP contribution >= 0.6 is 0 Å². The first kappa shape index (κ1) is 16.8. The summed E-state index contributed by atoms with van der Waals surface area (Å²) < 4.78 is 10.6. The minimum atomic E-state index is 0.121. The Morgan fingerprint density at radius 1 is 1.04 bits per heavy atom. The Hall–Kier alpha value is -2.69. The standard InChI is InChI=1S/C21H24N2O3/c1-25-18-9-8-15(13-19(18)26-2)14-20(24)23-12-11-22-10-4-6-16-5-3-7-17(23)21(16)22/h3,5,7-9,13H,4,6,10-12,14H2,1-2H3. The predicted molar refractivity (Wildman–Crippen MR) is 103 cm³/mol. The van der Waals surface area contributed by atoms with Crippen LogP contribution in [0.2, 0.25) is 0 Å². The monoisotopic (exact) mass is 352 g/mol. The van der Waals surface area contributed by atoms with E-state index in [1.807, 2.05) is 23.1 Å². The summed E-state index contributed by atoms with van der Waals surface area (Å²) in [5.41, 5.74) is 4.60. The van der Waals surface area contributed by atoms with E-state index in [0.717, 1.165) is 37.3 Å². The molecule has 5 heteroatoms.